The third-order valence-electron chi connectivity index (χ3n) is 15.1. The molecule has 0 aromatic heterocycles. The van der Waals surface area contributed by atoms with E-state index in [1.165, 1.54) is 21.1 Å². The van der Waals surface area contributed by atoms with Gasteiger partial charge in [-0.2, -0.15) is 0 Å². The Kier molecular flexibility index (Phi) is 22.6. The van der Waals surface area contributed by atoms with E-state index in [2.05, 4.69) is 30.8 Å². The van der Waals surface area contributed by atoms with Crippen LogP contribution in [0.5, 0.6) is 0 Å². The summed E-state index contributed by atoms with van der Waals surface area (Å²) in [7, 11) is 2.91. The van der Waals surface area contributed by atoms with Crippen LogP contribution in [-0.4, -0.2) is 169 Å². The van der Waals surface area contributed by atoms with Crippen molar-refractivity contribution < 1.29 is 77.2 Å². The maximum atomic E-state index is 15.2. The highest BCUT2D eigenvalue weighted by Gasteiger charge is 2.51. The molecular weight excluding hydrogens is 909 g/mol. The van der Waals surface area contributed by atoms with E-state index in [4.69, 9.17) is 47.5 Å². The Labute approximate surface area is 418 Å². The van der Waals surface area contributed by atoms with Gasteiger partial charge in [-0.1, -0.05) is 60.5 Å². The maximum absolute atomic E-state index is 15.2. The van der Waals surface area contributed by atoms with E-state index in [0.717, 1.165) is 0 Å². The Hall–Kier alpha value is -2.36. The molecule has 0 aromatic carbocycles. The van der Waals surface area contributed by atoms with Gasteiger partial charge in [0, 0.05) is 68.7 Å². The van der Waals surface area contributed by atoms with Gasteiger partial charge in [-0.3, -0.25) is 19.3 Å². The minimum Gasteiger partial charge on any atom is -0.461 e. The first-order chi connectivity index (χ1) is 32.6. The van der Waals surface area contributed by atoms with Gasteiger partial charge in [0.1, 0.15) is 37.1 Å². The zero-order valence-corrected chi connectivity index (χ0v) is 45.6. The largest absolute Gasteiger partial charge is 0.461 e. The predicted molar refractivity (Wildman–Crippen MR) is 260 cm³/mol. The van der Waals surface area contributed by atoms with Crippen LogP contribution in [0.25, 0.3) is 0 Å². The first kappa shape index (κ1) is 60.2. The second-order valence-corrected chi connectivity index (χ2v) is 22.3. The molecule has 4 heterocycles. The zero-order chi connectivity index (χ0) is 52.7. The van der Waals surface area contributed by atoms with E-state index in [0.29, 0.717) is 18.7 Å². The summed E-state index contributed by atoms with van der Waals surface area (Å²) in [6.07, 6.45) is -10.3. The summed E-state index contributed by atoms with van der Waals surface area (Å²) in [6, 6.07) is 0.281. The number of esters is 2. The molecule has 18 nitrogen and oxygen atoms in total. The van der Waals surface area contributed by atoms with E-state index >= 15 is 4.79 Å². The SMILES string of the molecule is CO/N=C1\C[C@@H](C)O[C@@H](O[C@@H]2[C@@H](C)[C@H](O[C@H]3CC(C)N(C(C)C)C[C@H](C)O3)[C@@H](C)C(=O)O[C@H]([C@@H](C)CO[C@@H]3O[C@@H](C)[C@@H](O)[C@@H](C)[C@H]3OC)[C@H](C)[C@@H](OC(=O)CC(C)C)[C@@H](C)C(=O)[C@@](C)(O)C[C@@H]2C)[C@@H]1O. The molecule has 0 aliphatic carbocycles. The number of oxime groups is 1. The molecule has 4 fully saturated rings. The van der Waals surface area contributed by atoms with Gasteiger partial charge < -0.3 is 62.8 Å². The molecular formula is C52H92N2O16. The molecule has 70 heavy (non-hydrogen) atoms. The minimum absolute atomic E-state index is 0.0261. The monoisotopic (exact) mass is 1000 g/mol. The van der Waals surface area contributed by atoms with Crippen LogP contribution in [-0.2, 0) is 61.9 Å². The molecule has 0 amide bonds. The number of ketones is 1. The fourth-order valence-corrected chi connectivity index (χ4v) is 11.3. The Balaban J connectivity index is 1.89. The molecule has 0 bridgehead atoms. The lowest BCUT2D eigenvalue weighted by atomic mass is 9.74. The summed E-state index contributed by atoms with van der Waals surface area (Å²) in [4.78, 5) is 51.2. The summed E-state index contributed by atoms with van der Waals surface area (Å²) < 4.78 is 57.9. The molecule has 18 heteroatoms. The van der Waals surface area contributed by atoms with Crippen LogP contribution in [0.2, 0.25) is 0 Å². The van der Waals surface area contributed by atoms with Crippen LogP contribution < -0.4 is 0 Å². The molecule has 22 atom stereocenters. The van der Waals surface area contributed by atoms with Crippen molar-refractivity contribution in [3.05, 3.63) is 0 Å². The van der Waals surface area contributed by atoms with Crippen molar-refractivity contribution in [3.63, 3.8) is 0 Å². The van der Waals surface area contributed by atoms with E-state index in [9.17, 15) is 24.9 Å². The number of carbonyl (C=O) groups is 3. The normalized spacial score (nSPS) is 43.3. The lowest BCUT2D eigenvalue weighted by Crippen LogP contribution is -2.55. The lowest BCUT2D eigenvalue weighted by Gasteiger charge is -2.44. The first-order valence-electron chi connectivity index (χ1n) is 25.9. The van der Waals surface area contributed by atoms with Gasteiger partial charge in [-0.25, -0.2) is 0 Å². The molecule has 4 saturated heterocycles. The number of cyclic esters (lactones) is 1. The third-order valence-corrected chi connectivity index (χ3v) is 15.1. The lowest BCUT2D eigenvalue weighted by molar-refractivity contribution is -0.288. The van der Waals surface area contributed by atoms with E-state index in [-0.39, 0.29) is 55.9 Å². The number of hydrogen-bond donors (Lipinski definition) is 3. The maximum Gasteiger partial charge on any atom is 0.311 e. The standard InChI is InChI=1S/C52H92N2O16/c1-25(2)19-39(55)67-45-34(12)44(28(6)24-63-51-47(61-17)32(10)41(56)37(15)66-51)69-49(59)36(14)46(68-40-20-29(7)54(26(3)4)23-31(9)64-40)33(11)43(27(5)22-52(16,60)48(58)35(45)13)70-50-42(57)38(53-62-18)21-30(8)65-50/h25-37,40-47,50-51,56-57,60H,19-24H2,1-18H3/b53-38+/t27-,28-,29?,30+,31-,32+,33+,34-,35+,36+,37-,40-,41-,42+,43-,44+,45+,46-,47+,50-,51+,52-/m0/s1. The van der Waals surface area contributed by atoms with Crippen molar-refractivity contribution in [1.29, 1.82) is 0 Å². The number of methoxy groups -OCH3 is 1. The van der Waals surface area contributed by atoms with Gasteiger partial charge in [0.05, 0.1) is 60.8 Å². The number of nitrogens with zero attached hydrogens (tertiary/aromatic N) is 2. The van der Waals surface area contributed by atoms with Crippen molar-refractivity contribution in [1.82, 2.24) is 4.90 Å². The molecule has 0 saturated carbocycles. The molecule has 406 valence electrons. The summed E-state index contributed by atoms with van der Waals surface area (Å²) in [5.74, 6) is -7.01. The highest BCUT2D eigenvalue weighted by Crippen LogP contribution is 2.39. The fraction of sp³-hybridized carbons (Fsp3) is 0.923. The number of ether oxygens (including phenoxy) is 9. The molecule has 4 aliphatic heterocycles. The fourth-order valence-electron chi connectivity index (χ4n) is 11.3. The number of carbonyl (C=O) groups excluding carboxylic acids is 3. The molecule has 0 aromatic rings. The number of aliphatic hydroxyl groups excluding tert-OH is 2. The Morgan fingerprint density at radius 3 is 2.07 bits per heavy atom. The number of hydrogen-bond acceptors (Lipinski definition) is 18. The summed E-state index contributed by atoms with van der Waals surface area (Å²) >= 11 is 0. The van der Waals surface area contributed by atoms with Gasteiger partial charge in [0.25, 0.3) is 0 Å². The Morgan fingerprint density at radius 1 is 0.814 bits per heavy atom. The average molecular weight is 1000 g/mol. The van der Waals surface area contributed by atoms with Crippen LogP contribution in [0.15, 0.2) is 5.16 Å². The molecule has 0 radical (unpaired) electrons. The van der Waals surface area contributed by atoms with Crippen LogP contribution >= 0.6 is 0 Å². The second kappa shape index (κ2) is 26.2. The molecule has 3 N–H and O–H groups in total. The minimum atomic E-state index is -2.00. The van der Waals surface area contributed by atoms with E-state index in [1.807, 2.05) is 55.4 Å². The van der Waals surface area contributed by atoms with Gasteiger partial charge >= 0.3 is 11.9 Å². The quantitative estimate of drug-likeness (QED) is 0.141. The average Bonchev–Trinajstić information content (AvgIpc) is 3.42. The van der Waals surface area contributed by atoms with Gasteiger partial charge in [-0.05, 0) is 73.6 Å². The van der Waals surface area contributed by atoms with Crippen LogP contribution in [0, 0.1) is 47.3 Å². The number of rotatable bonds is 14. The Bertz CT molecular complexity index is 1700. The van der Waals surface area contributed by atoms with Crippen molar-refractivity contribution >= 4 is 23.4 Å². The first-order valence-corrected chi connectivity index (χ1v) is 25.9. The van der Waals surface area contributed by atoms with Gasteiger partial charge in [0.15, 0.2) is 24.7 Å². The molecule has 1 unspecified atom stereocenters. The topological polar surface area (TPSA) is 220 Å². The van der Waals surface area contributed by atoms with Crippen LogP contribution in [0.4, 0.5) is 0 Å². The number of Topliss-reactive ketones (excluding diaryl/α,β-unsaturated/α-hetero) is 1. The van der Waals surface area contributed by atoms with Crippen molar-refractivity contribution in [3.8, 4) is 0 Å². The van der Waals surface area contributed by atoms with Gasteiger partial charge in [0.2, 0.25) is 0 Å². The van der Waals surface area contributed by atoms with Crippen molar-refractivity contribution in [2.24, 2.45) is 52.5 Å². The van der Waals surface area contributed by atoms with E-state index in [1.54, 1.807) is 27.7 Å². The molecule has 4 rings (SSSR count). The van der Waals surface area contributed by atoms with Crippen LogP contribution in [0.1, 0.15) is 136 Å². The van der Waals surface area contributed by atoms with Crippen LogP contribution in [0.3, 0.4) is 0 Å². The second-order valence-electron chi connectivity index (χ2n) is 22.3. The molecule has 4 aliphatic rings. The summed E-state index contributed by atoms with van der Waals surface area (Å²) in [5, 5.41) is 38.9. The third kappa shape index (κ3) is 15.1. The highest BCUT2D eigenvalue weighted by atomic mass is 16.7. The van der Waals surface area contributed by atoms with Gasteiger partial charge in [-0.15, -0.1) is 0 Å². The van der Waals surface area contributed by atoms with E-state index < -0.39 is 133 Å². The summed E-state index contributed by atoms with van der Waals surface area (Å²) in [5.41, 5.74) is -1.68. The highest BCUT2D eigenvalue weighted by molar-refractivity contribution is 5.90. The van der Waals surface area contributed by atoms with Crippen molar-refractivity contribution in [2.75, 3.05) is 27.4 Å². The molecule has 0 spiro atoms. The number of aliphatic hydroxyl groups is 3. The predicted octanol–water partition coefficient (Wildman–Crippen LogP) is 5.67. The smallest absolute Gasteiger partial charge is 0.311 e. The zero-order valence-electron chi connectivity index (χ0n) is 45.6. The van der Waals surface area contributed by atoms with Crippen molar-refractivity contribution in [2.45, 2.75) is 234 Å². The Morgan fingerprint density at radius 2 is 1.47 bits per heavy atom. The summed E-state index contributed by atoms with van der Waals surface area (Å²) in [6.45, 7) is 30.4.